The summed E-state index contributed by atoms with van der Waals surface area (Å²) in [7, 11) is 0. The van der Waals surface area contributed by atoms with Gasteiger partial charge in [-0.1, -0.05) is 176 Å². The van der Waals surface area contributed by atoms with Crippen LogP contribution in [0.4, 0.5) is 17.1 Å². The van der Waals surface area contributed by atoms with Gasteiger partial charge in [0.1, 0.15) is 11.2 Å². The number of fused-ring (bicyclic) bond motifs is 6. The van der Waals surface area contributed by atoms with Gasteiger partial charge in [-0.25, -0.2) is 15.0 Å². The van der Waals surface area contributed by atoms with Gasteiger partial charge in [0.25, 0.3) is 0 Å². The molecule has 5 nitrogen and oxygen atoms in total. The molecule has 0 atom stereocenters. The van der Waals surface area contributed by atoms with Crippen molar-refractivity contribution in [2.24, 2.45) is 0 Å². The van der Waals surface area contributed by atoms with Gasteiger partial charge in [0, 0.05) is 49.9 Å². The van der Waals surface area contributed by atoms with Gasteiger partial charge in [-0.05, 0) is 93.0 Å². The van der Waals surface area contributed by atoms with E-state index in [4.69, 9.17) is 19.4 Å². The van der Waals surface area contributed by atoms with Crippen molar-refractivity contribution < 1.29 is 4.42 Å². The van der Waals surface area contributed by atoms with E-state index in [1.165, 1.54) is 10.8 Å². The number of anilines is 3. The van der Waals surface area contributed by atoms with Gasteiger partial charge >= 0.3 is 0 Å². The largest absolute Gasteiger partial charge is 0.455 e. The van der Waals surface area contributed by atoms with E-state index >= 15 is 0 Å². The first-order chi connectivity index (χ1) is 31.7. The summed E-state index contributed by atoms with van der Waals surface area (Å²) < 4.78 is 6.70. The summed E-state index contributed by atoms with van der Waals surface area (Å²) in [5.41, 5.74) is 12.2. The molecule has 0 amide bonds. The summed E-state index contributed by atoms with van der Waals surface area (Å²) in [6.07, 6.45) is 0. The van der Waals surface area contributed by atoms with E-state index in [2.05, 4.69) is 187 Å². The molecule has 10 aromatic carbocycles. The minimum atomic E-state index is 0.589. The zero-order valence-electron chi connectivity index (χ0n) is 34.6. The maximum absolute atomic E-state index is 6.70. The summed E-state index contributed by atoms with van der Waals surface area (Å²) in [5.74, 6) is 1.81. The molecule has 2 aromatic heterocycles. The van der Waals surface area contributed by atoms with Crippen LogP contribution in [0.2, 0.25) is 0 Å². The zero-order chi connectivity index (χ0) is 42.4. The fraction of sp³-hybridized carbons (Fsp3) is 0. The van der Waals surface area contributed by atoms with Crippen LogP contribution in [0.1, 0.15) is 0 Å². The van der Waals surface area contributed by atoms with Gasteiger partial charge in [0.05, 0.1) is 0 Å². The van der Waals surface area contributed by atoms with E-state index in [1.807, 2.05) is 48.5 Å². The molecule has 0 fully saturated rings. The first-order valence-corrected chi connectivity index (χ1v) is 21.5. The predicted octanol–water partition coefficient (Wildman–Crippen LogP) is 15.9. The molecule has 300 valence electrons. The fourth-order valence-electron chi connectivity index (χ4n) is 8.90. The minimum absolute atomic E-state index is 0.589. The molecule has 64 heavy (non-hydrogen) atoms. The molecule has 0 unspecified atom stereocenters. The van der Waals surface area contributed by atoms with Gasteiger partial charge in [0.2, 0.25) is 0 Å². The minimum Gasteiger partial charge on any atom is -0.455 e. The van der Waals surface area contributed by atoms with Crippen molar-refractivity contribution in [3.8, 4) is 56.4 Å². The number of benzene rings is 10. The number of hydrogen-bond acceptors (Lipinski definition) is 5. The summed E-state index contributed by atoms with van der Waals surface area (Å²) in [6.45, 7) is 0. The highest BCUT2D eigenvalue weighted by Gasteiger charge is 2.19. The molecule has 2 heterocycles. The van der Waals surface area contributed by atoms with Crippen LogP contribution in [0.25, 0.3) is 99.9 Å². The highest BCUT2D eigenvalue weighted by atomic mass is 16.3. The molecule has 0 radical (unpaired) electrons. The van der Waals surface area contributed by atoms with E-state index in [0.29, 0.717) is 17.5 Å². The molecule has 0 saturated heterocycles. The van der Waals surface area contributed by atoms with Gasteiger partial charge < -0.3 is 9.32 Å². The lowest BCUT2D eigenvalue weighted by Crippen LogP contribution is -2.09. The number of nitrogens with zero attached hydrogens (tertiary/aromatic N) is 4. The fourth-order valence-corrected chi connectivity index (χ4v) is 8.90. The van der Waals surface area contributed by atoms with Crippen LogP contribution in [-0.2, 0) is 0 Å². The number of rotatable bonds is 8. The summed E-state index contributed by atoms with van der Waals surface area (Å²) in [6, 6.07) is 80.6. The summed E-state index contributed by atoms with van der Waals surface area (Å²) >= 11 is 0. The molecule has 0 bridgehead atoms. The highest BCUT2D eigenvalue weighted by Crippen LogP contribution is 2.43. The average Bonchev–Trinajstić information content (AvgIpc) is 3.76. The molecule has 0 aliphatic rings. The maximum atomic E-state index is 6.70. The molecule has 0 aliphatic heterocycles. The van der Waals surface area contributed by atoms with Crippen LogP contribution in [0.5, 0.6) is 0 Å². The van der Waals surface area contributed by atoms with Crippen molar-refractivity contribution in [3.05, 3.63) is 231 Å². The molecular weight excluding hydrogens is 781 g/mol. The Bertz CT molecular complexity index is 3640. The third-order valence-electron chi connectivity index (χ3n) is 12.1. The first kappa shape index (κ1) is 37.1. The lowest BCUT2D eigenvalue weighted by Gasteiger charge is -2.26. The van der Waals surface area contributed by atoms with Crippen LogP contribution >= 0.6 is 0 Å². The second-order valence-corrected chi connectivity index (χ2v) is 16.0. The van der Waals surface area contributed by atoms with E-state index in [1.54, 1.807) is 0 Å². The number of furan rings is 1. The maximum Gasteiger partial charge on any atom is 0.164 e. The zero-order valence-corrected chi connectivity index (χ0v) is 34.6. The van der Waals surface area contributed by atoms with Crippen LogP contribution in [0.3, 0.4) is 0 Å². The van der Waals surface area contributed by atoms with Gasteiger partial charge in [0.15, 0.2) is 17.5 Å². The molecule has 0 spiro atoms. The van der Waals surface area contributed by atoms with Crippen LogP contribution in [-0.4, -0.2) is 15.0 Å². The van der Waals surface area contributed by atoms with Crippen molar-refractivity contribution in [1.29, 1.82) is 0 Å². The van der Waals surface area contributed by atoms with Crippen LogP contribution < -0.4 is 4.90 Å². The van der Waals surface area contributed by atoms with Crippen LogP contribution in [0.15, 0.2) is 235 Å². The lowest BCUT2D eigenvalue weighted by atomic mass is 9.94. The van der Waals surface area contributed by atoms with Gasteiger partial charge in [-0.2, -0.15) is 0 Å². The van der Waals surface area contributed by atoms with Crippen molar-refractivity contribution in [3.63, 3.8) is 0 Å². The Morgan fingerprint density at radius 2 is 0.797 bits per heavy atom. The van der Waals surface area contributed by atoms with E-state index < -0.39 is 0 Å². The third kappa shape index (κ3) is 6.73. The van der Waals surface area contributed by atoms with E-state index in [9.17, 15) is 0 Å². The number of aromatic nitrogens is 3. The average molecular weight is 819 g/mol. The molecule has 0 N–H and O–H groups in total. The Morgan fingerprint density at radius 1 is 0.297 bits per heavy atom. The molecule has 12 rings (SSSR count). The van der Waals surface area contributed by atoms with Crippen molar-refractivity contribution >= 4 is 60.5 Å². The second kappa shape index (κ2) is 15.7. The molecule has 5 heteroatoms. The molecule has 0 aliphatic carbocycles. The second-order valence-electron chi connectivity index (χ2n) is 16.0. The van der Waals surface area contributed by atoms with Gasteiger partial charge in [-0.15, -0.1) is 0 Å². The third-order valence-corrected chi connectivity index (χ3v) is 12.1. The Labute approximate surface area is 370 Å². The SMILES string of the molecule is c1ccc(-c2ccc(-c3nc(-c4ccccc4)nc(-c4ccc5c(-c6ccc(N(c7ccccc7)c7ccc8ccccc8c7)cc6)cc6c7ccccc7oc6c5c4)n3)cc2)cc1. The first-order valence-electron chi connectivity index (χ1n) is 21.5. The summed E-state index contributed by atoms with van der Waals surface area (Å²) in [4.78, 5) is 17.6. The standard InChI is InChI=1S/C59H38N4O/c1-4-14-39(15-5-1)41-24-26-44(27-25-41)58-60-57(43-17-6-2-7-18-43)61-59(62-58)46-31-35-50-52(38-54-51-22-12-13-23-55(51)64-56(54)53(50)37-46)42-29-32-48(33-30-42)63(47-20-8-3-9-21-47)49-34-28-40-16-10-11-19-45(40)36-49/h1-38H. The van der Waals surface area contributed by atoms with E-state index in [0.717, 1.165) is 88.7 Å². The number of para-hydroxylation sites is 2. The Balaban J connectivity index is 0.996. The number of hydrogen-bond donors (Lipinski definition) is 0. The highest BCUT2D eigenvalue weighted by molar-refractivity contribution is 6.19. The predicted molar refractivity (Wildman–Crippen MR) is 264 cm³/mol. The quantitative estimate of drug-likeness (QED) is 0.153. The van der Waals surface area contributed by atoms with Gasteiger partial charge in [-0.3, -0.25) is 0 Å². The Morgan fingerprint density at radius 3 is 1.53 bits per heavy atom. The smallest absolute Gasteiger partial charge is 0.164 e. The normalized spacial score (nSPS) is 11.4. The Kier molecular flexibility index (Phi) is 9.08. The summed E-state index contributed by atoms with van der Waals surface area (Å²) in [5, 5.41) is 6.61. The molecule has 0 saturated carbocycles. The monoisotopic (exact) mass is 818 g/mol. The molecular formula is C59H38N4O. The van der Waals surface area contributed by atoms with Crippen molar-refractivity contribution in [1.82, 2.24) is 15.0 Å². The van der Waals surface area contributed by atoms with Crippen molar-refractivity contribution in [2.75, 3.05) is 4.90 Å². The topological polar surface area (TPSA) is 55.1 Å². The Hall–Kier alpha value is -8.67. The van der Waals surface area contributed by atoms with Crippen molar-refractivity contribution in [2.45, 2.75) is 0 Å². The van der Waals surface area contributed by atoms with E-state index in [-0.39, 0.29) is 0 Å². The lowest BCUT2D eigenvalue weighted by molar-refractivity contribution is 0.672. The molecule has 12 aromatic rings. The van der Waals surface area contributed by atoms with Crippen LogP contribution in [0, 0.1) is 0 Å².